The highest BCUT2D eigenvalue weighted by Gasteiger charge is 2.65. The SMILES string of the molecule is COCCCn1c(NC(=O)c2ccc(C3(C(F)(F)F)N=N3)cc2)nc2cc(N(C)C(=O)C3CCCCC3)ccc21. The highest BCUT2D eigenvalue weighted by molar-refractivity contribution is 6.04. The van der Waals surface area contributed by atoms with E-state index in [1.807, 2.05) is 22.8 Å². The lowest BCUT2D eigenvalue weighted by Gasteiger charge is -2.26. The number of hydrogen-bond donors (Lipinski definition) is 1. The summed E-state index contributed by atoms with van der Waals surface area (Å²) in [5, 5.41) is 9.19. The highest BCUT2D eigenvalue weighted by atomic mass is 19.4. The molecule has 212 valence electrons. The number of fused-ring (bicyclic) bond motifs is 1. The molecular formula is C28H31F3N6O3. The van der Waals surface area contributed by atoms with E-state index < -0.39 is 17.7 Å². The van der Waals surface area contributed by atoms with Crippen LogP contribution in [0.2, 0.25) is 0 Å². The number of alkyl halides is 3. The summed E-state index contributed by atoms with van der Waals surface area (Å²) in [7, 11) is 3.38. The molecule has 1 aliphatic carbocycles. The van der Waals surface area contributed by atoms with Gasteiger partial charge in [0.25, 0.3) is 5.91 Å². The lowest BCUT2D eigenvalue weighted by molar-refractivity contribution is -0.166. The molecule has 12 heteroatoms. The Morgan fingerprint density at radius 1 is 1.10 bits per heavy atom. The summed E-state index contributed by atoms with van der Waals surface area (Å²) in [4.78, 5) is 32.5. The number of halogens is 3. The van der Waals surface area contributed by atoms with E-state index in [1.54, 1.807) is 19.1 Å². The molecule has 1 fully saturated rings. The zero-order valence-corrected chi connectivity index (χ0v) is 22.4. The maximum absolute atomic E-state index is 13.3. The van der Waals surface area contributed by atoms with Crippen molar-refractivity contribution in [1.82, 2.24) is 9.55 Å². The number of nitrogens with zero attached hydrogens (tertiary/aromatic N) is 5. The maximum Gasteiger partial charge on any atom is 0.442 e. The number of rotatable bonds is 9. The number of aromatic nitrogens is 2. The number of ether oxygens (including phenoxy) is 1. The Morgan fingerprint density at radius 2 is 1.80 bits per heavy atom. The number of nitrogens with one attached hydrogen (secondary N) is 1. The summed E-state index contributed by atoms with van der Waals surface area (Å²) in [5.74, 6) is -0.117. The molecule has 2 amide bonds. The van der Waals surface area contributed by atoms with Crippen LogP contribution in [0, 0.1) is 5.92 Å². The van der Waals surface area contributed by atoms with Crippen LogP contribution in [0.3, 0.4) is 0 Å². The van der Waals surface area contributed by atoms with Gasteiger partial charge in [-0.15, -0.1) is 10.2 Å². The van der Waals surface area contributed by atoms with E-state index in [0.29, 0.717) is 30.8 Å². The van der Waals surface area contributed by atoms with Crippen molar-refractivity contribution >= 4 is 34.5 Å². The first kappa shape index (κ1) is 27.8. The molecule has 0 atom stereocenters. The van der Waals surface area contributed by atoms with Crippen LogP contribution in [0.25, 0.3) is 11.0 Å². The Hall–Kier alpha value is -3.80. The minimum absolute atomic E-state index is 0.0237. The standard InChI is InChI=1S/C28H31F3N6O3/c1-36(25(39)19-7-4-3-5-8-19)21-13-14-23-22(17-21)32-26(37(23)15-6-16-40-2)33-24(38)18-9-11-20(12-10-18)27(34-35-27)28(29,30)31/h9-14,17,19H,3-8,15-16H2,1-2H3,(H,32,33,38). The number of benzene rings is 2. The average molecular weight is 557 g/mol. The molecule has 2 aliphatic rings. The van der Waals surface area contributed by atoms with Gasteiger partial charge in [0.15, 0.2) is 0 Å². The second kappa shape index (κ2) is 11.0. The summed E-state index contributed by atoms with van der Waals surface area (Å²) in [6.45, 7) is 1.01. The lowest BCUT2D eigenvalue weighted by atomic mass is 9.88. The van der Waals surface area contributed by atoms with Gasteiger partial charge in [0.1, 0.15) is 0 Å². The number of hydrogen-bond acceptors (Lipinski definition) is 6. The fourth-order valence-electron chi connectivity index (χ4n) is 5.24. The largest absolute Gasteiger partial charge is 0.442 e. The normalized spacial score (nSPS) is 16.7. The topological polar surface area (TPSA) is 101 Å². The molecule has 2 heterocycles. The molecule has 5 rings (SSSR count). The second-order valence-electron chi connectivity index (χ2n) is 10.2. The molecule has 0 radical (unpaired) electrons. The van der Waals surface area contributed by atoms with Crippen molar-refractivity contribution in [3.05, 3.63) is 53.6 Å². The zero-order valence-electron chi connectivity index (χ0n) is 22.4. The molecule has 0 bridgehead atoms. The smallest absolute Gasteiger partial charge is 0.385 e. The van der Waals surface area contributed by atoms with Crippen LogP contribution < -0.4 is 10.2 Å². The summed E-state index contributed by atoms with van der Waals surface area (Å²) in [6.07, 6.45) is 1.11. The first-order valence-corrected chi connectivity index (χ1v) is 13.3. The van der Waals surface area contributed by atoms with E-state index in [2.05, 4.69) is 20.5 Å². The summed E-state index contributed by atoms with van der Waals surface area (Å²) in [5.41, 5.74) is -0.437. The van der Waals surface area contributed by atoms with E-state index in [1.165, 1.54) is 30.7 Å². The van der Waals surface area contributed by atoms with Gasteiger partial charge in [0, 0.05) is 50.0 Å². The molecule has 1 N–H and O–H groups in total. The quantitative estimate of drug-likeness (QED) is 0.324. The summed E-state index contributed by atoms with van der Waals surface area (Å²) in [6, 6.07) is 10.6. The molecule has 9 nitrogen and oxygen atoms in total. The Bertz CT molecular complexity index is 1420. The second-order valence-corrected chi connectivity index (χ2v) is 10.2. The van der Waals surface area contributed by atoms with Gasteiger partial charge < -0.3 is 14.2 Å². The van der Waals surface area contributed by atoms with Crippen molar-refractivity contribution in [2.24, 2.45) is 16.1 Å². The maximum atomic E-state index is 13.3. The van der Waals surface area contributed by atoms with Crippen LogP contribution in [0.4, 0.5) is 24.8 Å². The van der Waals surface area contributed by atoms with E-state index in [-0.39, 0.29) is 28.9 Å². The van der Waals surface area contributed by atoms with Gasteiger partial charge in [-0.2, -0.15) is 13.2 Å². The number of carbonyl (C=O) groups is 2. The number of aryl methyl sites for hydroxylation is 1. The van der Waals surface area contributed by atoms with Gasteiger partial charge in [-0.1, -0.05) is 31.4 Å². The van der Waals surface area contributed by atoms with Gasteiger partial charge in [-0.25, -0.2) is 4.98 Å². The third-order valence-corrected chi connectivity index (χ3v) is 7.60. The van der Waals surface area contributed by atoms with Crippen molar-refractivity contribution in [3.63, 3.8) is 0 Å². The average Bonchev–Trinajstić information content (AvgIpc) is 3.72. The third-order valence-electron chi connectivity index (χ3n) is 7.60. The van der Waals surface area contributed by atoms with Gasteiger partial charge >= 0.3 is 11.8 Å². The van der Waals surface area contributed by atoms with Crippen LogP contribution in [0.15, 0.2) is 52.7 Å². The van der Waals surface area contributed by atoms with Crippen molar-refractivity contribution in [3.8, 4) is 0 Å². The number of amides is 2. The third kappa shape index (κ3) is 5.32. The van der Waals surface area contributed by atoms with Crippen molar-refractivity contribution in [2.75, 3.05) is 31.0 Å². The summed E-state index contributed by atoms with van der Waals surface area (Å²) < 4.78 is 47.0. The summed E-state index contributed by atoms with van der Waals surface area (Å²) >= 11 is 0. The Kier molecular flexibility index (Phi) is 7.63. The molecule has 0 saturated heterocycles. The van der Waals surface area contributed by atoms with Gasteiger partial charge in [-0.05, 0) is 49.6 Å². The minimum Gasteiger partial charge on any atom is -0.385 e. The Balaban J connectivity index is 1.38. The Labute approximate surface area is 229 Å². The minimum atomic E-state index is -4.64. The number of imidazole rings is 1. The molecule has 1 aromatic heterocycles. The predicted molar refractivity (Wildman–Crippen MR) is 143 cm³/mol. The molecule has 40 heavy (non-hydrogen) atoms. The van der Waals surface area contributed by atoms with E-state index in [9.17, 15) is 22.8 Å². The van der Waals surface area contributed by atoms with Crippen LogP contribution in [-0.4, -0.2) is 48.3 Å². The van der Waals surface area contributed by atoms with Crippen LogP contribution in [0.5, 0.6) is 0 Å². The van der Waals surface area contributed by atoms with Gasteiger partial charge in [-0.3, -0.25) is 14.9 Å². The number of anilines is 2. The molecule has 3 aromatic rings. The predicted octanol–water partition coefficient (Wildman–Crippen LogP) is 6.05. The molecular weight excluding hydrogens is 525 g/mol. The van der Waals surface area contributed by atoms with Crippen LogP contribution in [-0.2, 0) is 21.7 Å². The first-order chi connectivity index (χ1) is 19.1. The van der Waals surface area contributed by atoms with E-state index in [0.717, 1.165) is 31.2 Å². The molecule has 1 saturated carbocycles. The fraction of sp³-hybridized carbons (Fsp3) is 0.464. The molecule has 2 aromatic carbocycles. The Morgan fingerprint density at radius 3 is 2.42 bits per heavy atom. The van der Waals surface area contributed by atoms with Crippen LogP contribution >= 0.6 is 0 Å². The molecule has 0 unspecified atom stereocenters. The van der Waals surface area contributed by atoms with Crippen LogP contribution in [0.1, 0.15) is 54.4 Å². The van der Waals surface area contributed by atoms with Crippen molar-refractivity contribution in [1.29, 1.82) is 0 Å². The van der Waals surface area contributed by atoms with Crippen molar-refractivity contribution in [2.45, 2.75) is 56.9 Å². The lowest BCUT2D eigenvalue weighted by Crippen LogP contribution is -2.33. The van der Waals surface area contributed by atoms with E-state index in [4.69, 9.17) is 4.74 Å². The van der Waals surface area contributed by atoms with Gasteiger partial charge in [0.2, 0.25) is 11.9 Å². The van der Waals surface area contributed by atoms with Gasteiger partial charge in [0.05, 0.1) is 11.0 Å². The number of methoxy groups -OCH3 is 1. The highest BCUT2D eigenvalue weighted by Crippen LogP contribution is 2.52. The fourth-order valence-corrected chi connectivity index (χ4v) is 5.24. The first-order valence-electron chi connectivity index (χ1n) is 13.3. The van der Waals surface area contributed by atoms with E-state index >= 15 is 0 Å². The van der Waals surface area contributed by atoms with Crippen molar-refractivity contribution < 1.29 is 27.5 Å². The molecule has 0 spiro atoms. The monoisotopic (exact) mass is 556 g/mol. The number of carbonyl (C=O) groups excluding carboxylic acids is 2. The zero-order chi connectivity index (χ0) is 28.5. The molecule has 1 aliphatic heterocycles.